The average Bonchev–Trinajstić information content (AvgIpc) is 2.78. The van der Waals surface area contributed by atoms with E-state index < -0.39 is 0 Å². The van der Waals surface area contributed by atoms with Gasteiger partial charge in [0, 0.05) is 40.1 Å². The second kappa shape index (κ2) is 8.19. The zero-order chi connectivity index (χ0) is 22.4. The van der Waals surface area contributed by atoms with E-state index in [-0.39, 0.29) is 5.63 Å². The van der Waals surface area contributed by atoms with Gasteiger partial charge in [0.15, 0.2) is 6.73 Å². The first-order valence-electron chi connectivity index (χ1n) is 10.4. The lowest BCUT2D eigenvalue weighted by molar-refractivity contribution is 0.287. The van der Waals surface area contributed by atoms with E-state index in [1.165, 1.54) is 0 Å². The predicted molar refractivity (Wildman–Crippen MR) is 129 cm³/mol. The summed E-state index contributed by atoms with van der Waals surface area (Å²) in [6, 6.07) is 17.5. The molecule has 6 heteroatoms. The molecule has 0 saturated carbocycles. The molecule has 0 unspecified atom stereocenters. The second-order valence-corrected chi connectivity index (χ2v) is 8.93. The molecule has 5 rings (SSSR count). The van der Waals surface area contributed by atoms with E-state index in [4.69, 9.17) is 32.4 Å². The van der Waals surface area contributed by atoms with Gasteiger partial charge in [0.1, 0.15) is 11.3 Å². The Bertz CT molecular complexity index is 1400. The van der Waals surface area contributed by atoms with Crippen LogP contribution in [0, 0.1) is 13.8 Å². The maximum absolute atomic E-state index is 12.8. The molecule has 1 aliphatic rings. The molecule has 0 spiro atoms. The molecule has 0 radical (unpaired) electrons. The van der Waals surface area contributed by atoms with E-state index in [2.05, 4.69) is 11.0 Å². The van der Waals surface area contributed by atoms with Gasteiger partial charge in [-0.1, -0.05) is 53.5 Å². The van der Waals surface area contributed by atoms with Gasteiger partial charge in [-0.3, -0.25) is 0 Å². The molecular weight excluding hydrogens is 445 g/mol. The molecule has 0 saturated heterocycles. The van der Waals surface area contributed by atoms with Crippen LogP contribution >= 0.6 is 23.2 Å². The summed E-state index contributed by atoms with van der Waals surface area (Å²) >= 11 is 12.5. The number of hydrogen-bond acceptors (Lipinski definition) is 4. The van der Waals surface area contributed by atoms with Crippen LogP contribution in [0.5, 0.6) is 5.75 Å². The number of fused-ring (bicyclic) bond motifs is 2. The van der Waals surface area contributed by atoms with Crippen molar-refractivity contribution in [2.24, 2.45) is 0 Å². The number of aryl methyl sites for hydroxylation is 2. The van der Waals surface area contributed by atoms with E-state index in [0.717, 1.165) is 39.1 Å². The van der Waals surface area contributed by atoms with E-state index in [0.29, 0.717) is 40.9 Å². The molecule has 32 heavy (non-hydrogen) atoms. The lowest BCUT2D eigenvalue weighted by atomic mass is 9.96. The molecule has 162 valence electrons. The van der Waals surface area contributed by atoms with Crippen molar-refractivity contribution < 1.29 is 9.15 Å². The standard InChI is InChI=1S/C26H21Cl2NO3/c1-15-20-11-18-13-29(23-9-8-19(27)12-22(23)28)14-31-24(18)16(2)25(20)32-26(30)21(15)10-17-6-4-3-5-7-17/h3-9,11-12H,10,13-14H2,1-2H3. The van der Waals surface area contributed by atoms with Crippen LogP contribution in [-0.2, 0) is 13.0 Å². The monoisotopic (exact) mass is 465 g/mol. The number of hydrogen-bond donors (Lipinski definition) is 0. The average molecular weight is 466 g/mol. The SMILES string of the molecule is Cc1c(Cc2ccccc2)c(=O)oc2c(C)c3c(cc12)CN(c1ccc(Cl)cc1Cl)CO3. The number of benzene rings is 3. The summed E-state index contributed by atoms with van der Waals surface area (Å²) in [5, 5.41) is 2.10. The molecule has 0 N–H and O–H groups in total. The van der Waals surface area contributed by atoms with Crippen LogP contribution in [-0.4, -0.2) is 6.73 Å². The Morgan fingerprint density at radius 2 is 1.78 bits per heavy atom. The minimum atomic E-state index is -0.299. The third-order valence-corrected chi connectivity index (χ3v) is 6.57. The Labute approximate surface area is 195 Å². The number of nitrogens with zero attached hydrogens (tertiary/aromatic N) is 1. The molecule has 2 heterocycles. The molecular formula is C26H21Cl2NO3. The Kier molecular flexibility index (Phi) is 5.36. The Hall–Kier alpha value is -2.95. The van der Waals surface area contributed by atoms with E-state index >= 15 is 0 Å². The van der Waals surface area contributed by atoms with E-state index in [9.17, 15) is 4.79 Å². The van der Waals surface area contributed by atoms with Gasteiger partial charge < -0.3 is 14.1 Å². The predicted octanol–water partition coefficient (Wildman–Crippen LogP) is 6.66. The zero-order valence-electron chi connectivity index (χ0n) is 17.7. The first kappa shape index (κ1) is 20.9. The van der Waals surface area contributed by atoms with Crippen LogP contribution in [0.4, 0.5) is 5.69 Å². The van der Waals surface area contributed by atoms with Gasteiger partial charge in [-0.2, -0.15) is 0 Å². The molecule has 1 aromatic heterocycles. The summed E-state index contributed by atoms with van der Waals surface area (Å²) in [5.74, 6) is 0.761. The summed E-state index contributed by atoms with van der Waals surface area (Å²) in [6.07, 6.45) is 0.532. The van der Waals surface area contributed by atoms with Crippen molar-refractivity contribution in [2.45, 2.75) is 26.8 Å². The number of rotatable bonds is 3. The van der Waals surface area contributed by atoms with Crippen molar-refractivity contribution in [2.75, 3.05) is 11.6 Å². The maximum atomic E-state index is 12.8. The van der Waals surface area contributed by atoms with Gasteiger partial charge in [-0.05, 0) is 49.2 Å². The maximum Gasteiger partial charge on any atom is 0.340 e. The van der Waals surface area contributed by atoms with Crippen molar-refractivity contribution in [3.05, 3.63) is 103 Å². The number of anilines is 1. The van der Waals surface area contributed by atoms with Gasteiger partial charge in [-0.15, -0.1) is 0 Å². The third-order valence-electron chi connectivity index (χ3n) is 6.03. The highest BCUT2D eigenvalue weighted by atomic mass is 35.5. The lowest BCUT2D eigenvalue weighted by Crippen LogP contribution is -2.32. The third kappa shape index (κ3) is 3.64. The zero-order valence-corrected chi connectivity index (χ0v) is 19.3. The van der Waals surface area contributed by atoms with Crippen molar-refractivity contribution in [1.82, 2.24) is 0 Å². The van der Waals surface area contributed by atoms with E-state index in [1.54, 1.807) is 6.07 Å². The van der Waals surface area contributed by atoms with Gasteiger partial charge >= 0.3 is 5.63 Å². The van der Waals surface area contributed by atoms with E-state index in [1.807, 2.05) is 56.3 Å². The summed E-state index contributed by atoms with van der Waals surface area (Å²) < 4.78 is 11.9. The Morgan fingerprint density at radius 1 is 1.00 bits per heavy atom. The summed E-state index contributed by atoms with van der Waals surface area (Å²) in [6.45, 7) is 4.89. The molecule has 0 fully saturated rings. The van der Waals surface area contributed by atoms with Crippen LogP contribution in [0.25, 0.3) is 11.0 Å². The molecule has 4 aromatic rings. The molecule has 0 amide bonds. The largest absolute Gasteiger partial charge is 0.472 e. The summed E-state index contributed by atoms with van der Waals surface area (Å²) in [4.78, 5) is 14.9. The minimum Gasteiger partial charge on any atom is -0.472 e. The second-order valence-electron chi connectivity index (χ2n) is 8.09. The van der Waals surface area contributed by atoms with Crippen LogP contribution in [0.2, 0.25) is 10.0 Å². The number of halogens is 2. The fourth-order valence-corrected chi connectivity index (χ4v) is 4.87. The first-order valence-corrected chi connectivity index (χ1v) is 11.1. The smallest absolute Gasteiger partial charge is 0.340 e. The molecule has 3 aromatic carbocycles. The van der Waals surface area contributed by atoms with Crippen LogP contribution in [0.1, 0.15) is 27.8 Å². The summed E-state index contributed by atoms with van der Waals surface area (Å²) in [5.41, 5.74) is 5.70. The molecule has 0 atom stereocenters. The summed E-state index contributed by atoms with van der Waals surface area (Å²) in [7, 11) is 0. The highest BCUT2D eigenvalue weighted by Crippen LogP contribution is 2.39. The van der Waals surface area contributed by atoms with Gasteiger partial charge in [-0.25, -0.2) is 4.79 Å². The first-order chi connectivity index (χ1) is 15.4. The number of ether oxygens (including phenoxy) is 1. The van der Waals surface area contributed by atoms with Crippen LogP contribution in [0.15, 0.2) is 63.8 Å². The Balaban J connectivity index is 1.59. The molecule has 0 aliphatic carbocycles. The van der Waals surface area contributed by atoms with Crippen LogP contribution in [0.3, 0.4) is 0 Å². The quantitative estimate of drug-likeness (QED) is 0.317. The van der Waals surface area contributed by atoms with Gasteiger partial charge in [0.25, 0.3) is 0 Å². The molecule has 1 aliphatic heterocycles. The van der Waals surface area contributed by atoms with Crippen molar-refractivity contribution in [1.29, 1.82) is 0 Å². The fraction of sp³-hybridized carbons (Fsp3) is 0.192. The molecule has 0 bridgehead atoms. The highest BCUT2D eigenvalue weighted by molar-refractivity contribution is 6.36. The lowest BCUT2D eigenvalue weighted by Gasteiger charge is -2.32. The highest BCUT2D eigenvalue weighted by Gasteiger charge is 2.25. The van der Waals surface area contributed by atoms with Gasteiger partial charge in [0.05, 0.1) is 10.7 Å². The normalized spacial score (nSPS) is 13.2. The van der Waals surface area contributed by atoms with Gasteiger partial charge in [0.2, 0.25) is 0 Å². The van der Waals surface area contributed by atoms with Crippen LogP contribution < -0.4 is 15.3 Å². The van der Waals surface area contributed by atoms with Crippen molar-refractivity contribution in [3.8, 4) is 5.75 Å². The van der Waals surface area contributed by atoms with Crippen molar-refractivity contribution >= 4 is 39.9 Å². The van der Waals surface area contributed by atoms with Crippen molar-refractivity contribution in [3.63, 3.8) is 0 Å². The minimum absolute atomic E-state index is 0.299. The topological polar surface area (TPSA) is 42.7 Å². The fourth-order valence-electron chi connectivity index (χ4n) is 4.34. The Morgan fingerprint density at radius 3 is 2.53 bits per heavy atom. The molecule has 4 nitrogen and oxygen atoms in total.